The molecular formula is C20H15N3O. The zero-order chi connectivity index (χ0) is 16.4. The monoisotopic (exact) mass is 313 g/mol. The highest BCUT2D eigenvalue weighted by Crippen LogP contribution is 2.31. The molecule has 116 valence electrons. The van der Waals surface area contributed by atoms with Crippen molar-refractivity contribution in [2.24, 2.45) is 4.99 Å². The lowest BCUT2D eigenvalue weighted by Gasteiger charge is -2.07. The molecule has 24 heavy (non-hydrogen) atoms. The van der Waals surface area contributed by atoms with Crippen molar-refractivity contribution < 1.29 is 4.42 Å². The number of aromatic nitrogens is 2. The molecule has 4 nitrogen and oxygen atoms in total. The Hall–Kier alpha value is -3.27. The van der Waals surface area contributed by atoms with Gasteiger partial charge >= 0.3 is 0 Å². The standard InChI is InChI=1S/C20H15N3O/c1-14-5-6-16(24-14)13-23-19-4-2-3-18-17(9-12-22-20(18)19)15-7-10-21-11-8-15/h2-13H,1H3/b23-13+. The lowest BCUT2D eigenvalue weighted by Crippen LogP contribution is -1.86. The Labute approximate surface area is 139 Å². The number of fused-ring (bicyclic) bond motifs is 1. The molecule has 0 unspecified atom stereocenters. The molecule has 0 fully saturated rings. The summed E-state index contributed by atoms with van der Waals surface area (Å²) in [4.78, 5) is 13.2. The fourth-order valence-electron chi connectivity index (χ4n) is 2.70. The summed E-state index contributed by atoms with van der Waals surface area (Å²) in [6.07, 6.45) is 7.13. The minimum absolute atomic E-state index is 0.731. The molecule has 4 aromatic rings. The van der Waals surface area contributed by atoms with Crippen LogP contribution in [-0.4, -0.2) is 16.2 Å². The van der Waals surface area contributed by atoms with E-state index in [1.54, 1.807) is 18.6 Å². The van der Waals surface area contributed by atoms with Gasteiger partial charge in [-0.25, -0.2) is 0 Å². The van der Waals surface area contributed by atoms with Crippen molar-refractivity contribution in [3.8, 4) is 11.1 Å². The van der Waals surface area contributed by atoms with Crippen LogP contribution >= 0.6 is 0 Å². The van der Waals surface area contributed by atoms with Crippen LogP contribution in [0.1, 0.15) is 11.5 Å². The molecule has 0 amide bonds. The lowest BCUT2D eigenvalue weighted by atomic mass is 10.0. The van der Waals surface area contributed by atoms with Gasteiger partial charge in [0.1, 0.15) is 11.5 Å². The van der Waals surface area contributed by atoms with Crippen LogP contribution in [0.15, 0.2) is 76.5 Å². The summed E-state index contributed by atoms with van der Waals surface area (Å²) >= 11 is 0. The fraction of sp³-hybridized carbons (Fsp3) is 0.0500. The number of nitrogens with zero attached hydrogens (tertiary/aromatic N) is 3. The SMILES string of the molecule is Cc1ccc(/C=N/c2cccc3c(-c4ccncc4)ccnc23)o1. The topological polar surface area (TPSA) is 51.3 Å². The van der Waals surface area contributed by atoms with Gasteiger partial charge in [0, 0.05) is 24.0 Å². The number of furan rings is 1. The highest BCUT2D eigenvalue weighted by Gasteiger charge is 2.07. The molecule has 4 rings (SSSR count). The van der Waals surface area contributed by atoms with Gasteiger partial charge in [-0.05, 0) is 54.4 Å². The number of hydrogen-bond acceptors (Lipinski definition) is 4. The number of aliphatic imine (C=N–C) groups is 1. The predicted molar refractivity (Wildman–Crippen MR) is 95.7 cm³/mol. The molecule has 3 aromatic heterocycles. The van der Waals surface area contributed by atoms with Crippen molar-refractivity contribution in [2.75, 3.05) is 0 Å². The van der Waals surface area contributed by atoms with Gasteiger partial charge in [0.2, 0.25) is 0 Å². The van der Waals surface area contributed by atoms with Crippen LogP contribution in [0.4, 0.5) is 5.69 Å². The summed E-state index contributed by atoms with van der Waals surface area (Å²) in [5, 5.41) is 1.06. The van der Waals surface area contributed by atoms with Crippen molar-refractivity contribution in [1.82, 2.24) is 9.97 Å². The van der Waals surface area contributed by atoms with E-state index in [-0.39, 0.29) is 0 Å². The average Bonchev–Trinajstić information content (AvgIpc) is 3.05. The van der Waals surface area contributed by atoms with E-state index in [4.69, 9.17) is 4.42 Å². The number of para-hydroxylation sites is 1. The molecule has 3 heterocycles. The van der Waals surface area contributed by atoms with Crippen molar-refractivity contribution >= 4 is 22.8 Å². The Morgan fingerprint density at radius 3 is 2.62 bits per heavy atom. The zero-order valence-corrected chi connectivity index (χ0v) is 13.2. The molecule has 1 aromatic carbocycles. The van der Waals surface area contributed by atoms with Gasteiger partial charge in [-0.3, -0.25) is 15.0 Å². The summed E-state index contributed by atoms with van der Waals surface area (Å²) < 4.78 is 5.53. The second-order valence-electron chi connectivity index (χ2n) is 5.47. The van der Waals surface area contributed by atoms with Gasteiger partial charge in [0.15, 0.2) is 0 Å². The van der Waals surface area contributed by atoms with Crippen LogP contribution in [-0.2, 0) is 0 Å². The largest absolute Gasteiger partial charge is 0.460 e. The number of aryl methyl sites for hydroxylation is 1. The van der Waals surface area contributed by atoms with Crippen LogP contribution < -0.4 is 0 Å². The van der Waals surface area contributed by atoms with Gasteiger partial charge in [0.25, 0.3) is 0 Å². The van der Waals surface area contributed by atoms with Crippen molar-refractivity contribution in [1.29, 1.82) is 0 Å². The van der Waals surface area contributed by atoms with E-state index in [1.807, 2.05) is 55.6 Å². The molecule has 4 heteroatoms. The smallest absolute Gasteiger partial charge is 0.145 e. The first-order valence-electron chi connectivity index (χ1n) is 7.70. The van der Waals surface area contributed by atoms with E-state index >= 15 is 0 Å². The molecule has 0 aliphatic heterocycles. The van der Waals surface area contributed by atoms with E-state index in [9.17, 15) is 0 Å². The van der Waals surface area contributed by atoms with E-state index in [0.717, 1.165) is 39.2 Å². The maximum atomic E-state index is 5.53. The third-order valence-corrected chi connectivity index (χ3v) is 3.83. The van der Waals surface area contributed by atoms with Crippen LogP contribution in [0.25, 0.3) is 22.0 Å². The molecule has 0 spiro atoms. The Morgan fingerprint density at radius 1 is 0.958 bits per heavy atom. The molecule has 0 atom stereocenters. The zero-order valence-electron chi connectivity index (χ0n) is 13.2. The summed E-state index contributed by atoms with van der Waals surface area (Å²) in [6, 6.07) is 15.8. The maximum Gasteiger partial charge on any atom is 0.145 e. The van der Waals surface area contributed by atoms with Gasteiger partial charge < -0.3 is 4.42 Å². The summed E-state index contributed by atoms with van der Waals surface area (Å²) in [5.74, 6) is 1.60. The van der Waals surface area contributed by atoms with E-state index in [2.05, 4.69) is 21.0 Å². The normalized spacial score (nSPS) is 11.4. The lowest BCUT2D eigenvalue weighted by molar-refractivity contribution is 0.528. The molecule has 0 N–H and O–H groups in total. The van der Waals surface area contributed by atoms with Gasteiger partial charge in [-0.15, -0.1) is 0 Å². The predicted octanol–water partition coefficient (Wildman–Crippen LogP) is 4.95. The van der Waals surface area contributed by atoms with Gasteiger partial charge in [0.05, 0.1) is 17.4 Å². The Kier molecular flexibility index (Phi) is 3.63. The van der Waals surface area contributed by atoms with Gasteiger partial charge in [-0.2, -0.15) is 0 Å². The second kappa shape index (κ2) is 6.08. The molecule has 0 aliphatic carbocycles. The first-order chi connectivity index (χ1) is 11.8. The number of hydrogen-bond donors (Lipinski definition) is 0. The highest BCUT2D eigenvalue weighted by atomic mass is 16.3. The number of rotatable bonds is 3. The third-order valence-electron chi connectivity index (χ3n) is 3.83. The summed E-state index contributed by atoms with van der Waals surface area (Å²) in [6.45, 7) is 1.91. The van der Waals surface area contributed by atoms with Crippen molar-refractivity contribution in [3.63, 3.8) is 0 Å². The van der Waals surface area contributed by atoms with Crippen molar-refractivity contribution in [3.05, 3.63) is 78.6 Å². The Bertz CT molecular complexity index is 1020. The minimum Gasteiger partial charge on any atom is -0.460 e. The van der Waals surface area contributed by atoms with E-state index in [1.165, 1.54) is 0 Å². The third kappa shape index (κ3) is 2.70. The minimum atomic E-state index is 0.731. The molecule has 0 saturated carbocycles. The molecular weight excluding hydrogens is 298 g/mol. The first kappa shape index (κ1) is 14.3. The highest BCUT2D eigenvalue weighted by molar-refractivity contribution is 6.00. The molecule has 0 saturated heterocycles. The Balaban J connectivity index is 1.82. The van der Waals surface area contributed by atoms with Crippen molar-refractivity contribution in [2.45, 2.75) is 6.92 Å². The molecule has 0 bridgehead atoms. The van der Waals surface area contributed by atoms with Crippen LogP contribution in [0, 0.1) is 6.92 Å². The molecule has 0 aliphatic rings. The Morgan fingerprint density at radius 2 is 1.83 bits per heavy atom. The van der Waals surface area contributed by atoms with Crippen LogP contribution in [0.2, 0.25) is 0 Å². The van der Waals surface area contributed by atoms with Crippen LogP contribution in [0.5, 0.6) is 0 Å². The quantitative estimate of drug-likeness (QED) is 0.503. The second-order valence-corrected chi connectivity index (χ2v) is 5.47. The maximum absolute atomic E-state index is 5.53. The summed E-state index contributed by atoms with van der Waals surface area (Å²) in [7, 11) is 0. The van der Waals surface area contributed by atoms with Crippen LogP contribution in [0.3, 0.4) is 0 Å². The molecule has 0 radical (unpaired) electrons. The van der Waals surface area contributed by atoms with E-state index in [0.29, 0.717) is 0 Å². The average molecular weight is 313 g/mol. The van der Waals surface area contributed by atoms with E-state index < -0.39 is 0 Å². The van der Waals surface area contributed by atoms with Gasteiger partial charge in [-0.1, -0.05) is 12.1 Å². The number of benzene rings is 1. The first-order valence-corrected chi connectivity index (χ1v) is 7.70. The fourth-order valence-corrected chi connectivity index (χ4v) is 2.70. The summed E-state index contributed by atoms with van der Waals surface area (Å²) in [5.41, 5.74) is 3.91. The number of pyridine rings is 2.